The van der Waals surface area contributed by atoms with Crippen molar-refractivity contribution in [2.75, 3.05) is 6.54 Å². The molecule has 0 radical (unpaired) electrons. The molecule has 0 amide bonds. The third kappa shape index (κ3) is 2.42. The number of nitrogens with zero attached hydrogens (tertiary/aromatic N) is 1. The molecule has 4 fully saturated rings. The van der Waals surface area contributed by atoms with Gasteiger partial charge in [-0.15, -0.1) is 0 Å². The SMILES string of the molecule is CCCNC(c1cccnc1)C12CC3CC(CC(C3)C1)C2. The highest BCUT2D eigenvalue weighted by Gasteiger charge is 2.54. The van der Waals surface area contributed by atoms with E-state index in [1.807, 2.05) is 6.20 Å². The van der Waals surface area contributed by atoms with Crippen LogP contribution >= 0.6 is 0 Å². The molecule has 1 aromatic rings. The Bertz CT molecular complexity index is 446. The van der Waals surface area contributed by atoms with Crippen molar-refractivity contribution in [3.63, 3.8) is 0 Å². The second-order valence-electron chi connectivity index (χ2n) is 7.95. The predicted octanol–water partition coefficient (Wildman–Crippen LogP) is 4.34. The van der Waals surface area contributed by atoms with Crippen molar-refractivity contribution in [2.24, 2.45) is 23.2 Å². The minimum Gasteiger partial charge on any atom is -0.309 e. The van der Waals surface area contributed by atoms with E-state index in [0.717, 1.165) is 24.3 Å². The Kier molecular flexibility index (Phi) is 3.53. The zero-order chi connectivity index (χ0) is 14.3. The van der Waals surface area contributed by atoms with Gasteiger partial charge < -0.3 is 5.32 Å². The van der Waals surface area contributed by atoms with Gasteiger partial charge in [-0.25, -0.2) is 0 Å². The van der Waals surface area contributed by atoms with Crippen LogP contribution in [0.15, 0.2) is 24.5 Å². The van der Waals surface area contributed by atoms with E-state index in [0.29, 0.717) is 11.5 Å². The summed E-state index contributed by atoms with van der Waals surface area (Å²) in [5.41, 5.74) is 1.94. The van der Waals surface area contributed by atoms with Crippen molar-refractivity contribution < 1.29 is 0 Å². The molecular formula is C19H28N2. The zero-order valence-corrected chi connectivity index (χ0v) is 13.2. The fourth-order valence-electron chi connectivity index (χ4n) is 6.05. The van der Waals surface area contributed by atoms with Crippen molar-refractivity contribution in [2.45, 2.75) is 57.9 Å². The minimum atomic E-state index is 0.521. The van der Waals surface area contributed by atoms with Crippen molar-refractivity contribution >= 4 is 0 Å². The summed E-state index contributed by atoms with van der Waals surface area (Å²) in [6.45, 7) is 3.40. The molecule has 2 heteroatoms. The molecule has 0 aromatic carbocycles. The van der Waals surface area contributed by atoms with E-state index >= 15 is 0 Å². The van der Waals surface area contributed by atoms with E-state index in [9.17, 15) is 0 Å². The Hall–Kier alpha value is -0.890. The Morgan fingerprint density at radius 1 is 1.19 bits per heavy atom. The van der Waals surface area contributed by atoms with E-state index in [4.69, 9.17) is 0 Å². The molecule has 1 heterocycles. The summed E-state index contributed by atoms with van der Waals surface area (Å²) in [6.07, 6.45) is 14.1. The molecule has 4 aliphatic rings. The van der Waals surface area contributed by atoms with Gasteiger partial charge in [0.05, 0.1) is 0 Å². The molecule has 4 bridgehead atoms. The van der Waals surface area contributed by atoms with Gasteiger partial charge in [-0.05, 0) is 86.3 Å². The van der Waals surface area contributed by atoms with Gasteiger partial charge >= 0.3 is 0 Å². The van der Waals surface area contributed by atoms with Gasteiger partial charge in [0.25, 0.3) is 0 Å². The highest BCUT2D eigenvalue weighted by atomic mass is 14.9. The van der Waals surface area contributed by atoms with Crippen molar-refractivity contribution in [3.05, 3.63) is 30.1 Å². The number of rotatable bonds is 5. The topological polar surface area (TPSA) is 24.9 Å². The van der Waals surface area contributed by atoms with Crippen LogP contribution in [0.4, 0.5) is 0 Å². The number of nitrogens with one attached hydrogen (secondary N) is 1. The van der Waals surface area contributed by atoms with Crippen LogP contribution in [-0.2, 0) is 0 Å². The molecule has 2 nitrogen and oxygen atoms in total. The average Bonchev–Trinajstić information content (AvgIpc) is 2.47. The lowest BCUT2D eigenvalue weighted by atomic mass is 9.47. The predicted molar refractivity (Wildman–Crippen MR) is 85.9 cm³/mol. The number of hydrogen-bond acceptors (Lipinski definition) is 2. The summed E-state index contributed by atoms with van der Waals surface area (Å²) in [7, 11) is 0. The summed E-state index contributed by atoms with van der Waals surface area (Å²) >= 11 is 0. The molecular weight excluding hydrogens is 256 g/mol. The van der Waals surface area contributed by atoms with Crippen LogP contribution in [-0.4, -0.2) is 11.5 Å². The molecule has 1 N–H and O–H groups in total. The van der Waals surface area contributed by atoms with E-state index in [-0.39, 0.29) is 0 Å². The zero-order valence-electron chi connectivity index (χ0n) is 13.2. The number of hydrogen-bond donors (Lipinski definition) is 1. The fraction of sp³-hybridized carbons (Fsp3) is 0.737. The summed E-state index contributed by atoms with van der Waals surface area (Å²) in [5, 5.41) is 3.90. The molecule has 21 heavy (non-hydrogen) atoms. The van der Waals surface area contributed by atoms with Crippen molar-refractivity contribution in [1.82, 2.24) is 10.3 Å². The molecule has 1 atom stereocenters. The van der Waals surface area contributed by atoms with Crippen LogP contribution in [0.2, 0.25) is 0 Å². The quantitative estimate of drug-likeness (QED) is 0.870. The second kappa shape index (κ2) is 5.39. The minimum absolute atomic E-state index is 0.521. The summed E-state index contributed by atoms with van der Waals surface area (Å²) in [6, 6.07) is 4.93. The van der Waals surface area contributed by atoms with E-state index < -0.39 is 0 Å². The first kappa shape index (κ1) is 13.8. The van der Waals surface area contributed by atoms with Gasteiger partial charge in [0.15, 0.2) is 0 Å². The number of pyridine rings is 1. The second-order valence-corrected chi connectivity index (χ2v) is 7.95. The van der Waals surface area contributed by atoms with E-state index in [1.165, 1.54) is 50.5 Å². The first-order chi connectivity index (χ1) is 10.3. The molecule has 0 spiro atoms. The summed E-state index contributed by atoms with van der Waals surface area (Å²) in [5.74, 6) is 3.04. The Morgan fingerprint density at radius 2 is 1.86 bits per heavy atom. The standard InChI is InChI=1S/C19H28N2/c1-2-5-21-18(17-4-3-6-20-13-17)19-10-14-7-15(11-19)9-16(8-14)12-19/h3-4,6,13-16,18,21H,2,5,7-12H2,1H3. The molecule has 0 aliphatic heterocycles. The molecule has 1 aromatic heterocycles. The molecule has 1 unspecified atom stereocenters. The Labute approximate surface area is 128 Å². The van der Waals surface area contributed by atoms with Crippen LogP contribution in [0.1, 0.15) is 63.5 Å². The lowest BCUT2D eigenvalue weighted by Gasteiger charge is -2.59. The first-order valence-electron chi connectivity index (χ1n) is 8.92. The lowest BCUT2D eigenvalue weighted by molar-refractivity contribution is -0.0748. The maximum atomic E-state index is 4.40. The van der Waals surface area contributed by atoms with Gasteiger partial charge in [-0.1, -0.05) is 13.0 Å². The van der Waals surface area contributed by atoms with E-state index in [1.54, 1.807) is 0 Å². The monoisotopic (exact) mass is 284 g/mol. The first-order valence-corrected chi connectivity index (χ1v) is 8.92. The van der Waals surface area contributed by atoms with Crippen molar-refractivity contribution in [1.29, 1.82) is 0 Å². The fourth-order valence-corrected chi connectivity index (χ4v) is 6.05. The van der Waals surface area contributed by atoms with Gasteiger partial charge in [0.1, 0.15) is 0 Å². The largest absolute Gasteiger partial charge is 0.309 e. The van der Waals surface area contributed by atoms with Crippen LogP contribution in [0.5, 0.6) is 0 Å². The van der Waals surface area contributed by atoms with Gasteiger partial charge in [0.2, 0.25) is 0 Å². The van der Waals surface area contributed by atoms with Gasteiger partial charge in [-0.2, -0.15) is 0 Å². The molecule has 4 aliphatic carbocycles. The van der Waals surface area contributed by atoms with Crippen LogP contribution < -0.4 is 5.32 Å². The average molecular weight is 284 g/mol. The Balaban J connectivity index is 1.66. The molecule has 4 saturated carbocycles. The summed E-state index contributed by atoms with van der Waals surface area (Å²) in [4.78, 5) is 4.40. The highest BCUT2D eigenvalue weighted by molar-refractivity contribution is 5.20. The normalized spacial score (nSPS) is 38.6. The maximum Gasteiger partial charge on any atom is 0.0392 e. The highest BCUT2D eigenvalue weighted by Crippen LogP contribution is 2.63. The van der Waals surface area contributed by atoms with Gasteiger partial charge in [0, 0.05) is 18.4 Å². The molecule has 0 saturated heterocycles. The maximum absolute atomic E-state index is 4.40. The third-order valence-corrected chi connectivity index (χ3v) is 6.31. The smallest absolute Gasteiger partial charge is 0.0392 e. The van der Waals surface area contributed by atoms with Crippen LogP contribution in [0, 0.1) is 23.2 Å². The van der Waals surface area contributed by atoms with Crippen molar-refractivity contribution in [3.8, 4) is 0 Å². The van der Waals surface area contributed by atoms with Crippen LogP contribution in [0.25, 0.3) is 0 Å². The van der Waals surface area contributed by atoms with Gasteiger partial charge in [-0.3, -0.25) is 4.98 Å². The number of aromatic nitrogens is 1. The summed E-state index contributed by atoms with van der Waals surface area (Å²) < 4.78 is 0. The van der Waals surface area contributed by atoms with Crippen LogP contribution in [0.3, 0.4) is 0 Å². The molecule has 5 rings (SSSR count). The Morgan fingerprint density at radius 3 is 2.38 bits per heavy atom. The lowest BCUT2D eigenvalue weighted by Crippen LogP contribution is -2.52. The third-order valence-electron chi connectivity index (χ3n) is 6.31. The molecule has 114 valence electrons. The van der Waals surface area contributed by atoms with E-state index in [2.05, 4.69) is 35.6 Å².